The SMILES string of the molecule is C/C(=N/O)[C@@H]1C[C@H]1c1ccc(C(C)C)cc1. The summed E-state index contributed by atoms with van der Waals surface area (Å²) in [7, 11) is 0. The van der Waals surface area contributed by atoms with Gasteiger partial charge in [-0.2, -0.15) is 0 Å². The third-order valence-corrected chi connectivity index (χ3v) is 3.52. The van der Waals surface area contributed by atoms with Gasteiger partial charge in [0.05, 0.1) is 5.71 Å². The quantitative estimate of drug-likeness (QED) is 0.466. The molecule has 1 saturated carbocycles. The lowest BCUT2D eigenvalue weighted by molar-refractivity contribution is 0.316. The van der Waals surface area contributed by atoms with Gasteiger partial charge in [-0.15, -0.1) is 0 Å². The van der Waals surface area contributed by atoms with Gasteiger partial charge in [0.15, 0.2) is 0 Å². The third kappa shape index (κ3) is 2.11. The van der Waals surface area contributed by atoms with Crippen LogP contribution in [0.4, 0.5) is 0 Å². The lowest BCUT2D eigenvalue weighted by atomic mass is 9.99. The van der Waals surface area contributed by atoms with Crippen LogP contribution in [-0.2, 0) is 0 Å². The minimum absolute atomic E-state index is 0.454. The average Bonchev–Trinajstić information content (AvgIpc) is 3.08. The molecular weight excluding hydrogens is 198 g/mol. The van der Waals surface area contributed by atoms with Crippen LogP contribution in [0.25, 0.3) is 0 Å². The first-order chi connectivity index (χ1) is 7.63. The summed E-state index contributed by atoms with van der Waals surface area (Å²) >= 11 is 0. The van der Waals surface area contributed by atoms with E-state index in [-0.39, 0.29) is 0 Å². The van der Waals surface area contributed by atoms with E-state index in [1.54, 1.807) is 0 Å². The van der Waals surface area contributed by atoms with E-state index in [0.717, 1.165) is 12.1 Å². The zero-order valence-electron chi connectivity index (χ0n) is 10.1. The topological polar surface area (TPSA) is 32.6 Å². The Labute approximate surface area is 97.0 Å². The Bertz CT molecular complexity index is 392. The van der Waals surface area contributed by atoms with Gasteiger partial charge in [0, 0.05) is 5.92 Å². The minimum Gasteiger partial charge on any atom is -0.411 e. The molecule has 2 heteroatoms. The molecule has 0 bridgehead atoms. The van der Waals surface area contributed by atoms with Crippen molar-refractivity contribution in [2.45, 2.75) is 39.0 Å². The Morgan fingerprint density at radius 1 is 1.31 bits per heavy atom. The Morgan fingerprint density at radius 2 is 1.94 bits per heavy atom. The number of nitrogens with zero attached hydrogens (tertiary/aromatic N) is 1. The predicted octanol–water partition coefficient (Wildman–Crippen LogP) is 3.76. The molecule has 0 heterocycles. The highest BCUT2D eigenvalue weighted by molar-refractivity contribution is 5.87. The first-order valence-electron chi connectivity index (χ1n) is 5.92. The molecule has 0 amide bonds. The highest BCUT2D eigenvalue weighted by atomic mass is 16.4. The maximum atomic E-state index is 8.71. The number of benzene rings is 1. The summed E-state index contributed by atoms with van der Waals surface area (Å²) in [6.07, 6.45) is 1.12. The second-order valence-corrected chi connectivity index (χ2v) is 5.01. The van der Waals surface area contributed by atoms with Gasteiger partial charge >= 0.3 is 0 Å². The van der Waals surface area contributed by atoms with Crippen molar-refractivity contribution in [2.24, 2.45) is 11.1 Å². The molecule has 2 atom stereocenters. The third-order valence-electron chi connectivity index (χ3n) is 3.52. The highest BCUT2D eigenvalue weighted by Gasteiger charge is 2.40. The smallest absolute Gasteiger partial charge is 0.0577 e. The molecule has 2 nitrogen and oxygen atoms in total. The Kier molecular flexibility index (Phi) is 2.99. The summed E-state index contributed by atoms with van der Waals surface area (Å²) < 4.78 is 0. The van der Waals surface area contributed by atoms with Crippen LogP contribution >= 0.6 is 0 Å². The van der Waals surface area contributed by atoms with E-state index in [2.05, 4.69) is 43.3 Å². The van der Waals surface area contributed by atoms with Crippen LogP contribution < -0.4 is 0 Å². The Balaban J connectivity index is 2.08. The van der Waals surface area contributed by atoms with E-state index in [0.29, 0.717) is 17.8 Å². The number of oxime groups is 1. The van der Waals surface area contributed by atoms with Gasteiger partial charge < -0.3 is 5.21 Å². The van der Waals surface area contributed by atoms with Gasteiger partial charge in [0.2, 0.25) is 0 Å². The van der Waals surface area contributed by atoms with Gasteiger partial charge in [-0.1, -0.05) is 43.3 Å². The molecule has 0 aliphatic heterocycles. The monoisotopic (exact) mass is 217 g/mol. The van der Waals surface area contributed by atoms with E-state index < -0.39 is 0 Å². The van der Waals surface area contributed by atoms with Crippen LogP contribution in [0.1, 0.15) is 50.2 Å². The molecule has 0 radical (unpaired) electrons. The van der Waals surface area contributed by atoms with E-state index in [9.17, 15) is 0 Å². The zero-order chi connectivity index (χ0) is 11.7. The molecule has 0 saturated heterocycles. The lowest BCUT2D eigenvalue weighted by Crippen LogP contribution is -1.96. The summed E-state index contributed by atoms with van der Waals surface area (Å²) in [6.45, 7) is 6.31. The van der Waals surface area contributed by atoms with Crippen molar-refractivity contribution in [2.75, 3.05) is 0 Å². The van der Waals surface area contributed by atoms with Crippen molar-refractivity contribution < 1.29 is 5.21 Å². The van der Waals surface area contributed by atoms with Crippen molar-refractivity contribution in [3.8, 4) is 0 Å². The normalized spacial score (nSPS) is 24.9. The van der Waals surface area contributed by atoms with Crippen molar-refractivity contribution in [1.29, 1.82) is 0 Å². The van der Waals surface area contributed by atoms with Crippen molar-refractivity contribution in [3.63, 3.8) is 0 Å². The van der Waals surface area contributed by atoms with Gasteiger partial charge in [-0.25, -0.2) is 0 Å². The molecule has 2 rings (SSSR count). The molecule has 1 aliphatic carbocycles. The largest absolute Gasteiger partial charge is 0.411 e. The lowest BCUT2D eigenvalue weighted by Gasteiger charge is -2.06. The van der Waals surface area contributed by atoms with E-state index in [4.69, 9.17) is 5.21 Å². The van der Waals surface area contributed by atoms with E-state index >= 15 is 0 Å². The average molecular weight is 217 g/mol. The summed E-state index contributed by atoms with van der Waals surface area (Å²) in [6, 6.07) is 8.84. The molecule has 1 N–H and O–H groups in total. The van der Waals surface area contributed by atoms with Crippen LogP contribution in [0.2, 0.25) is 0 Å². The molecule has 16 heavy (non-hydrogen) atoms. The van der Waals surface area contributed by atoms with Crippen LogP contribution in [0.5, 0.6) is 0 Å². The number of hydrogen-bond acceptors (Lipinski definition) is 2. The number of rotatable bonds is 3. The first-order valence-corrected chi connectivity index (χ1v) is 5.92. The zero-order valence-corrected chi connectivity index (χ0v) is 10.1. The van der Waals surface area contributed by atoms with Gasteiger partial charge in [-0.05, 0) is 36.3 Å². The molecule has 0 spiro atoms. The van der Waals surface area contributed by atoms with Crippen LogP contribution in [-0.4, -0.2) is 10.9 Å². The maximum absolute atomic E-state index is 8.71. The Hall–Kier alpha value is -1.31. The molecule has 1 fully saturated rings. The fourth-order valence-electron chi connectivity index (χ4n) is 2.23. The molecule has 1 aliphatic rings. The summed E-state index contributed by atoms with van der Waals surface area (Å²) in [5.41, 5.74) is 3.61. The summed E-state index contributed by atoms with van der Waals surface area (Å²) in [5, 5.41) is 12.0. The number of hydrogen-bond donors (Lipinski definition) is 1. The molecule has 0 unspecified atom stereocenters. The highest BCUT2D eigenvalue weighted by Crippen LogP contribution is 2.48. The van der Waals surface area contributed by atoms with E-state index in [1.165, 1.54) is 11.1 Å². The fraction of sp³-hybridized carbons (Fsp3) is 0.500. The summed E-state index contributed by atoms with van der Waals surface area (Å²) in [5.74, 6) is 1.61. The van der Waals surface area contributed by atoms with Crippen LogP contribution in [0.3, 0.4) is 0 Å². The first kappa shape index (κ1) is 11.2. The molecule has 0 aromatic heterocycles. The Morgan fingerprint density at radius 3 is 2.44 bits per heavy atom. The van der Waals surface area contributed by atoms with Gasteiger partial charge in [0.25, 0.3) is 0 Å². The van der Waals surface area contributed by atoms with Crippen LogP contribution in [0, 0.1) is 5.92 Å². The predicted molar refractivity (Wildman–Crippen MR) is 66.3 cm³/mol. The van der Waals surface area contributed by atoms with Crippen LogP contribution in [0.15, 0.2) is 29.4 Å². The second-order valence-electron chi connectivity index (χ2n) is 5.01. The van der Waals surface area contributed by atoms with E-state index in [1.807, 2.05) is 6.92 Å². The maximum Gasteiger partial charge on any atom is 0.0577 e. The minimum atomic E-state index is 0.454. The molecule has 86 valence electrons. The second kappa shape index (κ2) is 4.28. The molecule has 1 aromatic rings. The van der Waals surface area contributed by atoms with Crippen molar-refractivity contribution >= 4 is 5.71 Å². The van der Waals surface area contributed by atoms with Crippen molar-refractivity contribution in [1.82, 2.24) is 0 Å². The standard InChI is InChI=1S/C14H19NO/c1-9(2)11-4-6-12(7-5-11)14-8-13(14)10(3)15-16/h4-7,9,13-14,16H,8H2,1-3H3/b15-10-/t13-,14-/m0/s1. The van der Waals surface area contributed by atoms with Crippen molar-refractivity contribution in [3.05, 3.63) is 35.4 Å². The summed E-state index contributed by atoms with van der Waals surface area (Å²) in [4.78, 5) is 0. The fourth-order valence-corrected chi connectivity index (χ4v) is 2.23. The van der Waals surface area contributed by atoms with Gasteiger partial charge in [-0.3, -0.25) is 0 Å². The molecule has 1 aromatic carbocycles. The van der Waals surface area contributed by atoms with Gasteiger partial charge in [0.1, 0.15) is 0 Å². The molecular formula is C14H19NO.